The monoisotopic (exact) mass is 311 g/mol. The summed E-state index contributed by atoms with van der Waals surface area (Å²) in [5.74, 6) is -0.559. The van der Waals surface area contributed by atoms with Crippen LogP contribution in [0.15, 0.2) is 12.1 Å². The van der Waals surface area contributed by atoms with E-state index in [1.165, 1.54) is 33.5 Å². The number of carbonyl (C=O) groups excluding carboxylic acids is 1. The molecule has 0 saturated carbocycles. The molecule has 1 atom stereocenters. The Bertz CT molecular complexity index is 518. The topological polar surface area (TPSA) is 94.1 Å². The summed E-state index contributed by atoms with van der Waals surface area (Å²) in [4.78, 5) is 23.4. The zero-order valence-electron chi connectivity index (χ0n) is 13.1. The maximum Gasteiger partial charge on any atom is 0.326 e. The van der Waals surface area contributed by atoms with Gasteiger partial charge in [0.2, 0.25) is 5.75 Å². The second-order valence-corrected chi connectivity index (χ2v) is 4.57. The van der Waals surface area contributed by atoms with Gasteiger partial charge in [-0.1, -0.05) is 13.3 Å². The molecule has 0 aliphatic rings. The third kappa shape index (κ3) is 4.03. The molecule has 1 rings (SSSR count). The molecule has 0 fully saturated rings. The van der Waals surface area contributed by atoms with Crippen LogP contribution in [-0.4, -0.2) is 44.4 Å². The van der Waals surface area contributed by atoms with Gasteiger partial charge in [0.25, 0.3) is 5.91 Å². The van der Waals surface area contributed by atoms with E-state index in [4.69, 9.17) is 19.3 Å². The summed E-state index contributed by atoms with van der Waals surface area (Å²) in [6, 6.07) is 2.01. The Morgan fingerprint density at radius 1 is 1.14 bits per heavy atom. The molecule has 0 heterocycles. The van der Waals surface area contributed by atoms with E-state index >= 15 is 0 Å². The average molecular weight is 311 g/mol. The van der Waals surface area contributed by atoms with Crippen LogP contribution in [0.25, 0.3) is 0 Å². The molecular weight excluding hydrogens is 290 g/mol. The Morgan fingerprint density at radius 2 is 1.68 bits per heavy atom. The smallest absolute Gasteiger partial charge is 0.326 e. The molecule has 1 aromatic rings. The van der Waals surface area contributed by atoms with Crippen molar-refractivity contribution in [3.05, 3.63) is 17.7 Å². The van der Waals surface area contributed by atoms with Gasteiger partial charge in [-0.2, -0.15) is 0 Å². The van der Waals surface area contributed by atoms with Gasteiger partial charge in [-0.25, -0.2) is 4.79 Å². The molecule has 0 bridgehead atoms. The second kappa shape index (κ2) is 8.11. The van der Waals surface area contributed by atoms with E-state index in [1.807, 2.05) is 6.92 Å². The van der Waals surface area contributed by atoms with Crippen LogP contribution in [0.1, 0.15) is 30.1 Å². The van der Waals surface area contributed by atoms with Crippen molar-refractivity contribution in [2.24, 2.45) is 0 Å². The fourth-order valence-electron chi connectivity index (χ4n) is 2.00. The lowest BCUT2D eigenvalue weighted by molar-refractivity contribution is -0.139. The number of carboxylic acid groups (broad SMARTS) is 1. The minimum absolute atomic E-state index is 0.233. The molecule has 0 aromatic heterocycles. The van der Waals surface area contributed by atoms with Gasteiger partial charge in [0, 0.05) is 5.56 Å². The number of benzene rings is 1. The van der Waals surface area contributed by atoms with E-state index < -0.39 is 17.9 Å². The molecule has 0 aliphatic carbocycles. The van der Waals surface area contributed by atoms with Gasteiger partial charge < -0.3 is 24.6 Å². The van der Waals surface area contributed by atoms with Crippen molar-refractivity contribution < 1.29 is 28.9 Å². The van der Waals surface area contributed by atoms with Gasteiger partial charge >= 0.3 is 5.97 Å². The van der Waals surface area contributed by atoms with Crippen LogP contribution in [0.4, 0.5) is 0 Å². The highest BCUT2D eigenvalue weighted by Gasteiger charge is 2.22. The molecule has 22 heavy (non-hydrogen) atoms. The van der Waals surface area contributed by atoms with Crippen LogP contribution in [-0.2, 0) is 4.79 Å². The van der Waals surface area contributed by atoms with E-state index in [0.29, 0.717) is 30.1 Å². The van der Waals surface area contributed by atoms with Gasteiger partial charge in [-0.05, 0) is 18.6 Å². The van der Waals surface area contributed by atoms with E-state index in [2.05, 4.69) is 5.32 Å². The van der Waals surface area contributed by atoms with Crippen LogP contribution in [0.3, 0.4) is 0 Å². The van der Waals surface area contributed by atoms with E-state index in [0.717, 1.165) is 0 Å². The number of hydrogen-bond donors (Lipinski definition) is 2. The summed E-state index contributed by atoms with van der Waals surface area (Å²) in [6.07, 6.45) is 0.998. The summed E-state index contributed by atoms with van der Waals surface area (Å²) >= 11 is 0. The highest BCUT2D eigenvalue weighted by molar-refractivity contribution is 5.97. The SMILES string of the molecule is CCCC(NC(=O)c1cc(OC)c(OC)c(OC)c1)C(=O)O. The first-order valence-electron chi connectivity index (χ1n) is 6.82. The molecule has 0 radical (unpaired) electrons. The van der Waals surface area contributed by atoms with Crippen molar-refractivity contribution in [2.45, 2.75) is 25.8 Å². The fourth-order valence-corrected chi connectivity index (χ4v) is 2.00. The zero-order valence-corrected chi connectivity index (χ0v) is 13.1. The lowest BCUT2D eigenvalue weighted by Crippen LogP contribution is -2.40. The first-order chi connectivity index (χ1) is 10.5. The largest absolute Gasteiger partial charge is 0.493 e. The minimum Gasteiger partial charge on any atom is -0.493 e. The summed E-state index contributed by atoms with van der Waals surface area (Å²) in [5, 5.41) is 11.6. The molecule has 0 spiro atoms. The second-order valence-electron chi connectivity index (χ2n) is 4.57. The van der Waals surface area contributed by atoms with Gasteiger partial charge in [0.15, 0.2) is 11.5 Å². The number of amides is 1. The molecule has 1 aromatic carbocycles. The standard InChI is InChI=1S/C15H21NO6/c1-5-6-10(15(18)19)16-14(17)9-7-11(20-2)13(22-4)12(8-9)21-3/h7-8,10H,5-6H2,1-4H3,(H,16,17)(H,18,19). The maximum atomic E-state index is 12.2. The van der Waals surface area contributed by atoms with Gasteiger partial charge in [-0.15, -0.1) is 0 Å². The Hall–Kier alpha value is -2.44. The Balaban J connectivity index is 3.09. The number of hydrogen-bond acceptors (Lipinski definition) is 5. The molecule has 0 aliphatic heterocycles. The van der Waals surface area contributed by atoms with Crippen LogP contribution in [0.2, 0.25) is 0 Å². The zero-order chi connectivity index (χ0) is 16.7. The van der Waals surface area contributed by atoms with Gasteiger partial charge in [0.1, 0.15) is 6.04 Å². The molecule has 1 unspecified atom stereocenters. The van der Waals surface area contributed by atoms with E-state index in [9.17, 15) is 9.59 Å². The molecular formula is C15H21NO6. The van der Waals surface area contributed by atoms with Crippen LogP contribution in [0.5, 0.6) is 17.2 Å². The summed E-state index contributed by atoms with van der Waals surface area (Å²) < 4.78 is 15.5. The predicted octanol–water partition coefficient (Wildman–Crippen LogP) is 1.70. The van der Waals surface area contributed by atoms with Crippen molar-refractivity contribution in [1.29, 1.82) is 0 Å². The van der Waals surface area contributed by atoms with E-state index in [-0.39, 0.29) is 5.56 Å². The molecule has 0 saturated heterocycles. The first-order valence-corrected chi connectivity index (χ1v) is 6.82. The third-order valence-corrected chi connectivity index (χ3v) is 3.11. The lowest BCUT2D eigenvalue weighted by atomic mass is 10.1. The molecule has 7 heteroatoms. The summed E-state index contributed by atoms with van der Waals surface area (Å²) in [6.45, 7) is 1.85. The number of nitrogens with one attached hydrogen (secondary N) is 1. The predicted molar refractivity (Wildman–Crippen MR) is 79.9 cm³/mol. The maximum absolute atomic E-state index is 12.2. The van der Waals surface area contributed by atoms with Crippen molar-refractivity contribution >= 4 is 11.9 Å². The normalized spacial score (nSPS) is 11.5. The van der Waals surface area contributed by atoms with Crippen molar-refractivity contribution in [3.8, 4) is 17.2 Å². The Morgan fingerprint density at radius 3 is 2.05 bits per heavy atom. The number of aliphatic carboxylic acids is 1. The number of carbonyl (C=O) groups is 2. The number of ether oxygens (including phenoxy) is 3. The number of rotatable bonds is 8. The Kier molecular flexibility index (Phi) is 6.49. The van der Waals surface area contributed by atoms with E-state index in [1.54, 1.807) is 0 Å². The van der Waals surface area contributed by atoms with Gasteiger partial charge in [-0.3, -0.25) is 4.79 Å². The first kappa shape index (κ1) is 17.6. The molecule has 2 N–H and O–H groups in total. The van der Waals surface area contributed by atoms with Crippen LogP contribution in [0, 0.1) is 0 Å². The van der Waals surface area contributed by atoms with Crippen molar-refractivity contribution in [1.82, 2.24) is 5.32 Å². The van der Waals surface area contributed by atoms with Gasteiger partial charge in [0.05, 0.1) is 21.3 Å². The molecule has 1 amide bonds. The number of carboxylic acids is 1. The highest BCUT2D eigenvalue weighted by atomic mass is 16.5. The summed E-state index contributed by atoms with van der Waals surface area (Å²) in [7, 11) is 4.34. The molecule has 7 nitrogen and oxygen atoms in total. The quantitative estimate of drug-likeness (QED) is 0.759. The summed E-state index contributed by atoms with van der Waals surface area (Å²) in [5.41, 5.74) is 0.233. The van der Waals surface area contributed by atoms with Crippen molar-refractivity contribution in [2.75, 3.05) is 21.3 Å². The lowest BCUT2D eigenvalue weighted by Gasteiger charge is -2.16. The fraction of sp³-hybridized carbons (Fsp3) is 0.467. The van der Waals surface area contributed by atoms with Crippen LogP contribution >= 0.6 is 0 Å². The highest BCUT2D eigenvalue weighted by Crippen LogP contribution is 2.38. The number of methoxy groups -OCH3 is 3. The Labute approximate surface area is 129 Å². The minimum atomic E-state index is -1.07. The third-order valence-electron chi connectivity index (χ3n) is 3.11. The van der Waals surface area contributed by atoms with Crippen LogP contribution < -0.4 is 19.5 Å². The van der Waals surface area contributed by atoms with Crippen molar-refractivity contribution in [3.63, 3.8) is 0 Å². The molecule has 122 valence electrons. The average Bonchev–Trinajstić information content (AvgIpc) is 2.52.